The first kappa shape index (κ1) is 10.2. The minimum Gasteiger partial charge on any atom is -0.505 e. The van der Waals surface area contributed by atoms with Gasteiger partial charge in [0.1, 0.15) is 11.5 Å². The van der Waals surface area contributed by atoms with Crippen molar-refractivity contribution in [2.24, 2.45) is 0 Å². The van der Waals surface area contributed by atoms with Gasteiger partial charge in [0.25, 0.3) is 0 Å². The number of carbonyl (C=O) groups excluding carboxylic acids is 1. The highest BCUT2D eigenvalue weighted by Crippen LogP contribution is 2.05. The van der Waals surface area contributed by atoms with Crippen LogP contribution in [0.25, 0.3) is 5.76 Å². The van der Waals surface area contributed by atoms with Crippen LogP contribution in [0.5, 0.6) is 0 Å². The van der Waals surface area contributed by atoms with Gasteiger partial charge in [0.2, 0.25) is 0 Å². The number of aromatic nitrogens is 2. The fourth-order valence-electron chi connectivity index (χ4n) is 0.801. The minimum atomic E-state index is -0.601. The van der Waals surface area contributed by atoms with Crippen LogP contribution in [0.4, 0.5) is 0 Å². The van der Waals surface area contributed by atoms with Crippen LogP contribution in [-0.2, 0) is 9.53 Å². The summed E-state index contributed by atoms with van der Waals surface area (Å²) in [4.78, 5) is 18.5. The Balaban J connectivity index is 2.75. The lowest BCUT2D eigenvalue weighted by Gasteiger charge is -1.98. The van der Waals surface area contributed by atoms with Crippen molar-refractivity contribution in [3.63, 3.8) is 0 Å². The first-order valence-electron chi connectivity index (χ1n) is 4.08. The molecule has 0 atom stereocenters. The van der Waals surface area contributed by atoms with Gasteiger partial charge in [0, 0.05) is 12.4 Å². The summed E-state index contributed by atoms with van der Waals surface area (Å²) in [5, 5.41) is 9.38. The average molecular weight is 194 g/mol. The molecule has 1 aromatic rings. The van der Waals surface area contributed by atoms with Crippen molar-refractivity contribution in [3.8, 4) is 0 Å². The van der Waals surface area contributed by atoms with Crippen molar-refractivity contribution >= 4 is 11.7 Å². The van der Waals surface area contributed by atoms with E-state index in [0.29, 0.717) is 0 Å². The molecule has 0 aliphatic carbocycles. The Hall–Kier alpha value is -1.91. The Morgan fingerprint density at radius 2 is 2.43 bits per heavy atom. The zero-order chi connectivity index (χ0) is 10.4. The van der Waals surface area contributed by atoms with Gasteiger partial charge in [0.15, 0.2) is 0 Å². The summed E-state index contributed by atoms with van der Waals surface area (Å²) in [7, 11) is 0. The van der Waals surface area contributed by atoms with Crippen LogP contribution < -0.4 is 0 Å². The van der Waals surface area contributed by atoms with E-state index in [-0.39, 0.29) is 18.1 Å². The van der Waals surface area contributed by atoms with Crippen LogP contribution in [0.15, 0.2) is 24.7 Å². The number of rotatable bonds is 3. The lowest BCUT2D eigenvalue weighted by molar-refractivity contribution is -0.137. The van der Waals surface area contributed by atoms with E-state index in [2.05, 4.69) is 14.7 Å². The number of ether oxygens (including phenoxy) is 1. The van der Waals surface area contributed by atoms with Gasteiger partial charge in [-0.15, -0.1) is 0 Å². The lowest BCUT2D eigenvalue weighted by Crippen LogP contribution is -2.01. The number of aliphatic hydroxyl groups is 1. The molecule has 5 nitrogen and oxygen atoms in total. The highest BCUT2D eigenvalue weighted by molar-refractivity contribution is 5.88. The van der Waals surface area contributed by atoms with Crippen molar-refractivity contribution < 1.29 is 14.6 Å². The summed E-state index contributed by atoms with van der Waals surface area (Å²) >= 11 is 0. The van der Waals surface area contributed by atoms with Crippen LogP contribution in [0.1, 0.15) is 12.6 Å². The number of carbonyl (C=O) groups is 1. The van der Waals surface area contributed by atoms with Gasteiger partial charge in [-0.05, 0) is 6.92 Å². The highest BCUT2D eigenvalue weighted by Gasteiger charge is 2.03. The molecule has 1 aromatic heterocycles. The summed E-state index contributed by atoms with van der Waals surface area (Å²) in [6.07, 6.45) is 5.21. The average Bonchev–Trinajstić information content (AvgIpc) is 2.19. The van der Waals surface area contributed by atoms with Crippen molar-refractivity contribution in [2.75, 3.05) is 6.61 Å². The van der Waals surface area contributed by atoms with Crippen LogP contribution in [-0.4, -0.2) is 27.7 Å². The third-order valence-corrected chi connectivity index (χ3v) is 1.37. The van der Waals surface area contributed by atoms with Crippen molar-refractivity contribution in [1.29, 1.82) is 0 Å². The Bertz CT molecular complexity index is 335. The van der Waals surface area contributed by atoms with Crippen molar-refractivity contribution in [2.45, 2.75) is 6.92 Å². The van der Waals surface area contributed by atoms with Gasteiger partial charge in [-0.1, -0.05) is 0 Å². The third-order valence-electron chi connectivity index (χ3n) is 1.37. The van der Waals surface area contributed by atoms with Gasteiger partial charge < -0.3 is 9.84 Å². The fourth-order valence-corrected chi connectivity index (χ4v) is 0.801. The fraction of sp³-hybridized carbons (Fsp3) is 0.222. The van der Waals surface area contributed by atoms with Crippen LogP contribution in [0.3, 0.4) is 0 Å². The second-order valence-corrected chi connectivity index (χ2v) is 2.37. The van der Waals surface area contributed by atoms with E-state index in [4.69, 9.17) is 0 Å². The van der Waals surface area contributed by atoms with E-state index in [1.54, 1.807) is 6.92 Å². The first-order chi connectivity index (χ1) is 6.74. The normalized spacial score (nSPS) is 11.1. The minimum absolute atomic E-state index is 0.237. The van der Waals surface area contributed by atoms with Gasteiger partial charge in [-0.25, -0.2) is 9.78 Å². The molecule has 0 fully saturated rings. The number of aliphatic hydroxyl groups excluding tert-OH is 1. The summed E-state index contributed by atoms with van der Waals surface area (Å²) in [5.74, 6) is -0.854. The molecular formula is C9H10N2O3. The summed E-state index contributed by atoms with van der Waals surface area (Å²) < 4.78 is 4.61. The molecule has 1 rings (SSSR count). The molecule has 1 heterocycles. The SMILES string of the molecule is CCOC(=O)C=C(O)c1cnccn1. The van der Waals surface area contributed by atoms with E-state index in [0.717, 1.165) is 6.08 Å². The number of hydrogen-bond acceptors (Lipinski definition) is 5. The molecular weight excluding hydrogens is 184 g/mol. The van der Waals surface area contributed by atoms with E-state index in [9.17, 15) is 9.90 Å². The number of esters is 1. The molecule has 1 N–H and O–H groups in total. The highest BCUT2D eigenvalue weighted by atomic mass is 16.5. The molecule has 0 aliphatic rings. The molecule has 0 saturated carbocycles. The Labute approximate surface area is 81.1 Å². The van der Waals surface area contributed by atoms with E-state index < -0.39 is 5.97 Å². The maximum atomic E-state index is 10.9. The van der Waals surface area contributed by atoms with E-state index in [1.165, 1.54) is 18.6 Å². The second kappa shape index (κ2) is 4.96. The number of nitrogens with zero attached hydrogens (tertiary/aromatic N) is 2. The maximum absolute atomic E-state index is 10.9. The van der Waals surface area contributed by atoms with Gasteiger partial charge in [-0.3, -0.25) is 4.98 Å². The quantitative estimate of drug-likeness (QED) is 0.440. The lowest BCUT2D eigenvalue weighted by atomic mass is 10.3. The van der Waals surface area contributed by atoms with Crippen molar-refractivity contribution in [3.05, 3.63) is 30.4 Å². The van der Waals surface area contributed by atoms with E-state index >= 15 is 0 Å². The Kier molecular flexibility index (Phi) is 3.60. The zero-order valence-electron chi connectivity index (χ0n) is 7.67. The second-order valence-electron chi connectivity index (χ2n) is 2.37. The predicted molar refractivity (Wildman–Crippen MR) is 49.3 cm³/mol. The molecule has 0 aliphatic heterocycles. The molecule has 0 bridgehead atoms. The van der Waals surface area contributed by atoms with Crippen LogP contribution >= 0.6 is 0 Å². The smallest absolute Gasteiger partial charge is 0.334 e. The monoisotopic (exact) mass is 194 g/mol. The molecule has 14 heavy (non-hydrogen) atoms. The topological polar surface area (TPSA) is 72.3 Å². The van der Waals surface area contributed by atoms with Gasteiger partial charge in [0.05, 0.1) is 18.9 Å². The van der Waals surface area contributed by atoms with Gasteiger partial charge >= 0.3 is 5.97 Å². The standard InChI is InChI=1S/C9H10N2O3/c1-2-14-9(13)5-8(12)7-6-10-3-4-11-7/h3-6,12H,2H2,1H3. The predicted octanol–water partition coefficient (Wildman–Crippen LogP) is 0.939. The zero-order valence-corrected chi connectivity index (χ0v) is 7.67. The molecule has 74 valence electrons. The molecule has 0 saturated heterocycles. The van der Waals surface area contributed by atoms with Crippen LogP contribution in [0, 0.1) is 0 Å². The molecule has 0 unspecified atom stereocenters. The largest absolute Gasteiger partial charge is 0.505 e. The third kappa shape index (κ3) is 2.85. The maximum Gasteiger partial charge on any atom is 0.334 e. The Morgan fingerprint density at radius 3 is 3.00 bits per heavy atom. The molecule has 0 amide bonds. The van der Waals surface area contributed by atoms with Crippen molar-refractivity contribution in [1.82, 2.24) is 9.97 Å². The molecule has 0 radical (unpaired) electrons. The molecule has 0 aromatic carbocycles. The van der Waals surface area contributed by atoms with Crippen LogP contribution in [0.2, 0.25) is 0 Å². The Morgan fingerprint density at radius 1 is 1.64 bits per heavy atom. The summed E-state index contributed by atoms with van der Waals surface area (Å²) in [6, 6.07) is 0. The molecule has 5 heteroatoms. The number of hydrogen-bond donors (Lipinski definition) is 1. The van der Waals surface area contributed by atoms with E-state index in [1.807, 2.05) is 0 Å². The summed E-state index contributed by atoms with van der Waals surface area (Å²) in [6.45, 7) is 1.95. The summed E-state index contributed by atoms with van der Waals surface area (Å²) in [5.41, 5.74) is 0.237. The first-order valence-corrected chi connectivity index (χ1v) is 4.08. The molecule has 0 spiro atoms. The van der Waals surface area contributed by atoms with Gasteiger partial charge in [-0.2, -0.15) is 0 Å².